The Kier molecular flexibility index (Phi) is 3.92. The number of para-hydroxylation sites is 1. The maximum absolute atomic E-state index is 13.5. The van der Waals surface area contributed by atoms with Crippen molar-refractivity contribution in [1.29, 1.82) is 0 Å². The number of likely N-dealkylation sites (tertiary alicyclic amines) is 1. The minimum absolute atomic E-state index is 0.0950. The molecule has 30 heavy (non-hydrogen) atoms. The van der Waals surface area contributed by atoms with Gasteiger partial charge in [-0.05, 0) is 30.2 Å². The molecule has 0 bridgehead atoms. The second-order valence-corrected chi connectivity index (χ2v) is 7.91. The fourth-order valence-corrected chi connectivity index (χ4v) is 4.87. The number of amides is 2. The molecule has 5 rings (SSSR count). The summed E-state index contributed by atoms with van der Waals surface area (Å²) in [5.74, 6) is -0.507. The van der Waals surface area contributed by atoms with E-state index in [0.717, 1.165) is 16.8 Å². The summed E-state index contributed by atoms with van der Waals surface area (Å²) in [4.78, 5) is 41.1. The predicted octanol–water partition coefficient (Wildman–Crippen LogP) is 1.60. The highest BCUT2D eigenvalue weighted by atomic mass is 16.2. The molecule has 1 aromatic carbocycles. The van der Waals surface area contributed by atoms with Crippen LogP contribution in [0.3, 0.4) is 0 Å². The van der Waals surface area contributed by atoms with Crippen LogP contribution in [-0.2, 0) is 24.3 Å². The van der Waals surface area contributed by atoms with Gasteiger partial charge in [0.2, 0.25) is 5.91 Å². The average Bonchev–Trinajstić information content (AvgIpc) is 3.41. The number of nitrogens with one attached hydrogen (secondary N) is 1. The molecule has 1 spiro atoms. The molecular weight excluding hydrogens is 382 g/mol. The second-order valence-electron chi connectivity index (χ2n) is 7.91. The minimum Gasteiger partial charge on any atom is -0.330 e. The first-order valence-corrected chi connectivity index (χ1v) is 9.79. The number of carbonyl (C=O) groups excluding carboxylic acids is 2. The lowest BCUT2D eigenvalue weighted by Gasteiger charge is -2.33. The number of aromatic nitrogens is 3. The summed E-state index contributed by atoms with van der Waals surface area (Å²) in [6.07, 6.45) is 5.60. The van der Waals surface area contributed by atoms with Crippen LogP contribution < -0.4 is 10.9 Å². The Morgan fingerprint density at radius 1 is 1.17 bits per heavy atom. The Morgan fingerprint density at radius 2 is 1.97 bits per heavy atom. The molecule has 4 heterocycles. The number of carbonyl (C=O) groups is 2. The van der Waals surface area contributed by atoms with Crippen molar-refractivity contribution in [2.45, 2.75) is 17.9 Å². The molecule has 1 fully saturated rings. The number of fused-ring (bicyclic) bond motifs is 2. The van der Waals surface area contributed by atoms with E-state index in [1.54, 1.807) is 48.2 Å². The van der Waals surface area contributed by atoms with Gasteiger partial charge in [0, 0.05) is 44.3 Å². The lowest BCUT2D eigenvalue weighted by molar-refractivity contribution is -0.121. The summed E-state index contributed by atoms with van der Waals surface area (Å²) in [5.41, 5.74) is 1.22. The van der Waals surface area contributed by atoms with E-state index >= 15 is 0 Å². The molecule has 0 unspecified atom stereocenters. The van der Waals surface area contributed by atoms with E-state index in [1.807, 2.05) is 30.5 Å². The molecule has 8 heteroatoms. The molecule has 2 aromatic heterocycles. The van der Waals surface area contributed by atoms with Crippen molar-refractivity contribution in [1.82, 2.24) is 19.2 Å². The summed E-state index contributed by atoms with van der Waals surface area (Å²) >= 11 is 0. The Labute approximate surface area is 172 Å². The topological polar surface area (TPSA) is 89.2 Å². The molecule has 0 aliphatic carbocycles. The summed E-state index contributed by atoms with van der Waals surface area (Å²) in [6.45, 7) is 0.359. The third-order valence-electron chi connectivity index (χ3n) is 6.24. The van der Waals surface area contributed by atoms with Crippen LogP contribution in [0.5, 0.6) is 0 Å². The summed E-state index contributed by atoms with van der Waals surface area (Å²) < 4.78 is 3.04. The first kappa shape index (κ1) is 18.4. The Morgan fingerprint density at radius 3 is 2.73 bits per heavy atom. The number of benzene rings is 1. The van der Waals surface area contributed by atoms with Crippen molar-refractivity contribution in [2.75, 3.05) is 11.9 Å². The normalized spacial score (nSPS) is 22.4. The van der Waals surface area contributed by atoms with Crippen LogP contribution in [0.4, 0.5) is 5.69 Å². The maximum atomic E-state index is 13.5. The van der Waals surface area contributed by atoms with Crippen LogP contribution in [0, 0.1) is 0 Å². The number of pyridine rings is 1. The summed E-state index contributed by atoms with van der Waals surface area (Å²) in [5, 5.41) is 7.26. The number of hydrogen-bond acceptors (Lipinski definition) is 4. The van der Waals surface area contributed by atoms with Gasteiger partial charge in [-0.25, -0.2) is 0 Å². The minimum atomic E-state index is -0.921. The van der Waals surface area contributed by atoms with E-state index in [-0.39, 0.29) is 22.9 Å². The smallest absolute Gasteiger partial charge is 0.263 e. The van der Waals surface area contributed by atoms with E-state index in [1.165, 1.54) is 4.57 Å². The van der Waals surface area contributed by atoms with Crippen LogP contribution in [0.2, 0.25) is 0 Å². The molecular formula is C22H21N5O3. The number of rotatable bonds is 2. The van der Waals surface area contributed by atoms with Gasteiger partial charge >= 0.3 is 0 Å². The highest BCUT2D eigenvalue weighted by molar-refractivity contribution is 6.08. The third kappa shape index (κ3) is 2.39. The van der Waals surface area contributed by atoms with Crippen molar-refractivity contribution < 1.29 is 9.59 Å². The highest BCUT2D eigenvalue weighted by Gasteiger charge is 2.59. The van der Waals surface area contributed by atoms with Gasteiger partial charge in [-0.15, -0.1) is 0 Å². The molecule has 3 aromatic rings. The van der Waals surface area contributed by atoms with Crippen LogP contribution >= 0.6 is 0 Å². The number of anilines is 1. The summed E-state index contributed by atoms with van der Waals surface area (Å²) in [7, 11) is 3.41. The molecule has 0 radical (unpaired) electrons. The molecule has 1 N–H and O–H groups in total. The lowest BCUT2D eigenvalue weighted by Crippen LogP contribution is -2.43. The van der Waals surface area contributed by atoms with Gasteiger partial charge in [-0.1, -0.05) is 18.2 Å². The molecule has 1 saturated heterocycles. The SMILES string of the molecule is Cn1cc([C@@H]2N(C(=O)c3cccn(C)c3=O)CC[C@]23C(=O)Nc2ccccc23)cn1. The molecule has 2 aliphatic heterocycles. The van der Waals surface area contributed by atoms with E-state index in [9.17, 15) is 14.4 Å². The Hall–Kier alpha value is -3.68. The standard InChI is InChI=1S/C22H21N5O3/c1-25-10-5-6-15(19(25)28)20(29)27-11-9-22(18(27)14-12-23-26(2)13-14)16-7-3-4-8-17(16)24-21(22)30/h3-8,10,12-13,18H,9,11H2,1-2H3,(H,24,30)/t18-,22+/m0/s1. The zero-order valence-corrected chi connectivity index (χ0v) is 16.7. The predicted molar refractivity (Wildman–Crippen MR) is 110 cm³/mol. The van der Waals surface area contributed by atoms with Gasteiger partial charge in [0.15, 0.2) is 0 Å². The zero-order valence-electron chi connectivity index (χ0n) is 16.7. The third-order valence-corrected chi connectivity index (χ3v) is 6.24. The number of nitrogens with zero attached hydrogens (tertiary/aromatic N) is 4. The van der Waals surface area contributed by atoms with Gasteiger partial charge in [-0.3, -0.25) is 19.1 Å². The fourth-order valence-electron chi connectivity index (χ4n) is 4.87. The second kappa shape index (κ2) is 6.41. The average molecular weight is 403 g/mol. The van der Waals surface area contributed by atoms with Gasteiger partial charge < -0.3 is 14.8 Å². The number of aryl methyl sites for hydroxylation is 2. The highest BCUT2D eigenvalue weighted by Crippen LogP contribution is 2.54. The van der Waals surface area contributed by atoms with E-state index < -0.39 is 11.5 Å². The van der Waals surface area contributed by atoms with E-state index in [4.69, 9.17) is 0 Å². The van der Waals surface area contributed by atoms with Crippen molar-refractivity contribution in [3.8, 4) is 0 Å². The van der Waals surface area contributed by atoms with Gasteiger partial charge in [-0.2, -0.15) is 5.10 Å². The van der Waals surface area contributed by atoms with Crippen LogP contribution in [0.25, 0.3) is 0 Å². The van der Waals surface area contributed by atoms with Gasteiger partial charge in [0.05, 0.1) is 12.2 Å². The molecule has 2 amide bonds. The van der Waals surface area contributed by atoms with Crippen LogP contribution in [0.1, 0.15) is 33.9 Å². The van der Waals surface area contributed by atoms with Gasteiger partial charge in [0.25, 0.3) is 11.5 Å². The van der Waals surface area contributed by atoms with E-state index in [2.05, 4.69) is 10.4 Å². The molecule has 2 atom stereocenters. The van der Waals surface area contributed by atoms with Crippen LogP contribution in [-0.4, -0.2) is 37.6 Å². The van der Waals surface area contributed by atoms with Crippen molar-refractivity contribution >= 4 is 17.5 Å². The molecule has 2 aliphatic rings. The zero-order chi connectivity index (χ0) is 21.0. The maximum Gasteiger partial charge on any atom is 0.263 e. The van der Waals surface area contributed by atoms with Gasteiger partial charge in [0.1, 0.15) is 11.0 Å². The monoisotopic (exact) mass is 403 g/mol. The molecule has 152 valence electrons. The molecule has 8 nitrogen and oxygen atoms in total. The first-order valence-electron chi connectivity index (χ1n) is 9.79. The fraction of sp³-hybridized carbons (Fsp3) is 0.273. The van der Waals surface area contributed by atoms with Crippen LogP contribution in [0.15, 0.2) is 59.8 Å². The summed E-state index contributed by atoms with van der Waals surface area (Å²) in [6, 6.07) is 10.2. The van der Waals surface area contributed by atoms with Crippen molar-refractivity contribution in [3.05, 3.63) is 82.0 Å². The Balaban J connectivity index is 1.69. The largest absolute Gasteiger partial charge is 0.330 e. The lowest BCUT2D eigenvalue weighted by atomic mass is 9.73. The Bertz CT molecular complexity index is 1240. The molecule has 0 saturated carbocycles. The van der Waals surface area contributed by atoms with E-state index in [0.29, 0.717) is 13.0 Å². The quantitative estimate of drug-likeness (QED) is 0.704. The first-order chi connectivity index (χ1) is 14.4. The van der Waals surface area contributed by atoms with Crippen molar-refractivity contribution in [3.63, 3.8) is 0 Å². The van der Waals surface area contributed by atoms with Crippen molar-refractivity contribution in [2.24, 2.45) is 14.1 Å². The number of hydrogen-bond donors (Lipinski definition) is 1.